The molecule has 18 heavy (non-hydrogen) atoms. The van der Waals surface area contributed by atoms with E-state index in [1.54, 1.807) is 11.1 Å². The van der Waals surface area contributed by atoms with Crippen molar-refractivity contribution in [1.82, 2.24) is 4.90 Å². The van der Waals surface area contributed by atoms with E-state index in [-0.39, 0.29) is 0 Å². The van der Waals surface area contributed by atoms with E-state index in [4.69, 9.17) is 0 Å². The molecular weight excluding hydrogens is 218 g/mol. The fraction of sp³-hybridized carbons (Fsp3) is 0.647. The lowest BCUT2D eigenvalue weighted by atomic mass is 9.76. The number of benzene rings is 1. The predicted octanol–water partition coefficient (Wildman–Crippen LogP) is 3.83. The second kappa shape index (κ2) is 5.44. The Bertz CT molecular complexity index is 400. The van der Waals surface area contributed by atoms with Crippen LogP contribution in [0, 0.1) is 12.3 Å². The maximum absolute atomic E-state index is 2.47. The highest BCUT2D eigenvalue weighted by Crippen LogP contribution is 2.44. The van der Waals surface area contributed by atoms with Gasteiger partial charge in [-0.15, -0.1) is 0 Å². The van der Waals surface area contributed by atoms with Gasteiger partial charge >= 0.3 is 0 Å². The zero-order valence-electron chi connectivity index (χ0n) is 12.4. The average Bonchev–Trinajstić information content (AvgIpc) is 2.73. The fourth-order valence-corrected chi connectivity index (χ4v) is 3.41. The molecule has 0 aromatic heterocycles. The van der Waals surface area contributed by atoms with Crippen LogP contribution in [0.5, 0.6) is 0 Å². The molecule has 1 spiro atoms. The summed E-state index contributed by atoms with van der Waals surface area (Å²) < 4.78 is 0. The lowest BCUT2D eigenvalue weighted by Gasteiger charge is -2.37. The van der Waals surface area contributed by atoms with Crippen LogP contribution in [0.4, 0.5) is 0 Å². The molecule has 0 amide bonds. The number of hydrogen-bond acceptors (Lipinski definition) is 1. The van der Waals surface area contributed by atoms with Crippen molar-refractivity contribution in [3.63, 3.8) is 0 Å². The Morgan fingerprint density at radius 3 is 2.28 bits per heavy atom. The van der Waals surface area contributed by atoms with Crippen molar-refractivity contribution in [2.24, 2.45) is 5.41 Å². The Morgan fingerprint density at radius 2 is 1.61 bits per heavy atom. The minimum absolute atomic E-state index is 0.614. The second-order valence-corrected chi connectivity index (χ2v) is 5.93. The van der Waals surface area contributed by atoms with Gasteiger partial charge in [0, 0.05) is 0 Å². The van der Waals surface area contributed by atoms with Crippen molar-refractivity contribution >= 4 is 0 Å². The van der Waals surface area contributed by atoms with E-state index < -0.39 is 0 Å². The summed E-state index contributed by atoms with van der Waals surface area (Å²) >= 11 is 0. The quantitative estimate of drug-likeness (QED) is 0.671. The minimum Gasteiger partial charge on any atom is -0.306 e. The fourth-order valence-electron chi connectivity index (χ4n) is 3.41. The van der Waals surface area contributed by atoms with Crippen LogP contribution in [-0.2, 0) is 12.8 Å². The molecule has 1 aromatic rings. The van der Waals surface area contributed by atoms with Crippen molar-refractivity contribution in [3.05, 3.63) is 34.9 Å². The molecular formula is C17H27N. The van der Waals surface area contributed by atoms with Crippen LogP contribution in [0.25, 0.3) is 0 Å². The van der Waals surface area contributed by atoms with E-state index in [0.29, 0.717) is 5.41 Å². The molecule has 0 bridgehead atoms. The molecule has 0 radical (unpaired) electrons. The zero-order chi connectivity index (χ0) is 13.2. The first-order valence-corrected chi connectivity index (χ1v) is 7.44. The molecule has 0 unspecified atom stereocenters. The first-order valence-electron chi connectivity index (χ1n) is 7.44. The largest absolute Gasteiger partial charge is 0.306 e. The smallest absolute Gasteiger partial charge is 0.00163 e. The summed E-state index contributed by atoms with van der Waals surface area (Å²) in [6.45, 7) is 8.78. The maximum atomic E-state index is 2.47. The third kappa shape index (κ3) is 2.61. The van der Waals surface area contributed by atoms with E-state index in [9.17, 15) is 0 Å². The van der Waals surface area contributed by atoms with Gasteiger partial charge in [-0.1, -0.05) is 37.6 Å². The average molecular weight is 245 g/mol. The molecule has 1 aliphatic carbocycles. The first-order chi connectivity index (χ1) is 8.67. The Labute approximate surface area is 112 Å². The number of hydrogen-bond donors (Lipinski definition) is 0. The topological polar surface area (TPSA) is 3.24 Å². The Kier molecular flexibility index (Phi) is 4.11. The van der Waals surface area contributed by atoms with Gasteiger partial charge in [0.1, 0.15) is 0 Å². The first kappa shape index (κ1) is 13.6. The maximum Gasteiger partial charge on any atom is -0.00163 e. The molecule has 1 nitrogen and oxygen atoms in total. The molecule has 0 atom stereocenters. The third-order valence-corrected chi connectivity index (χ3v) is 4.54. The van der Waals surface area contributed by atoms with Crippen LogP contribution < -0.4 is 0 Å². The van der Waals surface area contributed by atoms with Gasteiger partial charge in [0.25, 0.3) is 0 Å². The van der Waals surface area contributed by atoms with Gasteiger partial charge in [0.15, 0.2) is 0 Å². The van der Waals surface area contributed by atoms with Crippen LogP contribution >= 0.6 is 0 Å². The molecule has 100 valence electrons. The summed E-state index contributed by atoms with van der Waals surface area (Å²) in [5, 5.41) is 0. The lowest BCUT2D eigenvalue weighted by Crippen LogP contribution is -2.38. The van der Waals surface area contributed by atoms with E-state index in [2.05, 4.69) is 37.1 Å². The molecule has 1 heteroatoms. The molecule has 1 saturated heterocycles. The molecule has 1 fully saturated rings. The number of nitrogens with zero attached hydrogens (tertiary/aromatic N) is 1. The van der Waals surface area contributed by atoms with Crippen LogP contribution in [0.1, 0.15) is 43.4 Å². The van der Waals surface area contributed by atoms with Crippen LogP contribution in [0.3, 0.4) is 0 Å². The third-order valence-electron chi connectivity index (χ3n) is 4.54. The highest BCUT2D eigenvalue weighted by molar-refractivity contribution is 5.37. The molecule has 3 rings (SSSR count). The summed E-state index contributed by atoms with van der Waals surface area (Å²) in [6.07, 6.45) is 5.43. The molecule has 2 aliphatic rings. The number of fused-ring (bicyclic) bond motifs is 1. The van der Waals surface area contributed by atoms with Gasteiger partial charge in [-0.25, -0.2) is 0 Å². The van der Waals surface area contributed by atoms with Crippen molar-refractivity contribution < 1.29 is 0 Å². The Balaban J connectivity index is 0.000000574. The predicted molar refractivity (Wildman–Crippen MR) is 79.1 cm³/mol. The molecule has 0 saturated carbocycles. The summed E-state index contributed by atoms with van der Waals surface area (Å²) in [5.41, 5.74) is 5.28. The van der Waals surface area contributed by atoms with E-state index in [1.807, 2.05) is 13.8 Å². The van der Waals surface area contributed by atoms with Gasteiger partial charge in [-0.3, -0.25) is 0 Å². The Morgan fingerprint density at radius 1 is 1.00 bits per heavy atom. The van der Waals surface area contributed by atoms with Gasteiger partial charge in [-0.2, -0.15) is 0 Å². The van der Waals surface area contributed by atoms with E-state index in [1.165, 1.54) is 44.3 Å². The van der Waals surface area contributed by atoms with Crippen molar-refractivity contribution in [2.75, 3.05) is 20.1 Å². The van der Waals surface area contributed by atoms with Gasteiger partial charge in [-0.05, 0) is 69.3 Å². The number of aryl methyl sites for hydroxylation is 1. The second-order valence-electron chi connectivity index (χ2n) is 5.93. The standard InChI is InChI=1S/C15H21N.C2H6/c1-12-3-4-13-10-15(11-14(13)9-12)5-7-16(2)8-6-15;1-2/h3-4,9H,5-8,10-11H2,1-2H3;1-2H3. The summed E-state index contributed by atoms with van der Waals surface area (Å²) in [6, 6.07) is 7.03. The van der Waals surface area contributed by atoms with Crippen molar-refractivity contribution in [1.29, 1.82) is 0 Å². The van der Waals surface area contributed by atoms with Gasteiger partial charge in [0.05, 0.1) is 0 Å². The summed E-state index contributed by atoms with van der Waals surface area (Å²) in [4.78, 5) is 2.47. The lowest BCUT2D eigenvalue weighted by molar-refractivity contribution is 0.131. The molecule has 0 N–H and O–H groups in total. The highest BCUT2D eigenvalue weighted by atomic mass is 15.1. The Hall–Kier alpha value is -0.820. The number of likely N-dealkylation sites (tertiary alicyclic amines) is 1. The van der Waals surface area contributed by atoms with Crippen molar-refractivity contribution in [3.8, 4) is 0 Å². The summed E-state index contributed by atoms with van der Waals surface area (Å²) in [5.74, 6) is 0. The SMILES string of the molecule is CC.Cc1ccc2c(c1)CC1(CCN(C)CC1)C2. The molecule has 1 heterocycles. The van der Waals surface area contributed by atoms with Crippen molar-refractivity contribution in [2.45, 2.75) is 46.5 Å². The van der Waals surface area contributed by atoms with Gasteiger partial charge in [0.2, 0.25) is 0 Å². The highest BCUT2D eigenvalue weighted by Gasteiger charge is 2.38. The minimum atomic E-state index is 0.614. The molecule has 1 aromatic carbocycles. The van der Waals surface area contributed by atoms with Crippen LogP contribution in [-0.4, -0.2) is 25.0 Å². The number of piperidine rings is 1. The monoisotopic (exact) mass is 245 g/mol. The van der Waals surface area contributed by atoms with E-state index >= 15 is 0 Å². The van der Waals surface area contributed by atoms with E-state index in [0.717, 1.165) is 0 Å². The van der Waals surface area contributed by atoms with Gasteiger partial charge < -0.3 is 4.90 Å². The zero-order valence-corrected chi connectivity index (χ0v) is 12.4. The number of rotatable bonds is 0. The summed E-state index contributed by atoms with van der Waals surface area (Å²) in [7, 11) is 2.25. The molecule has 1 aliphatic heterocycles. The van der Waals surface area contributed by atoms with Crippen LogP contribution in [0.15, 0.2) is 18.2 Å². The van der Waals surface area contributed by atoms with Crippen LogP contribution in [0.2, 0.25) is 0 Å². The normalized spacial score (nSPS) is 21.3.